The minimum atomic E-state index is -0.382. The highest BCUT2D eigenvalue weighted by atomic mass is 16.4. The fourth-order valence-electron chi connectivity index (χ4n) is 4.71. The van der Waals surface area contributed by atoms with Crippen molar-refractivity contribution in [1.82, 2.24) is 15.1 Å². The lowest BCUT2D eigenvalue weighted by Gasteiger charge is -2.31. The topological polar surface area (TPSA) is 65.8 Å². The van der Waals surface area contributed by atoms with E-state index in [0.29, 0.717) is 18.8 Å². The number of furan rings is 1. The molecule has 1 spiro atoms. The Morgan fingerprint density at radius 1 is 1.23 bits per heavy atom. The van der Waals surface area contributed by atoms with E-state index in [2.05, 4.69) is 17.1 Å². The van der Waals surface area contributed by atoms with E-state index in [-0.39, 0.29) is 17.2 Å². The van der Waals surface area contributed by atoms with Crippen molar-refractivity contribution < 1.29 is 14.0 Å². The van der Waals surface area contributed by atoms with Crippen LogP contribution >= 0.6 is 0 Å². The molecule has 26 heavy (non-hydrogen) atoms. The van der Waals surface area contributed by atoms with Gasteiger partial charge in [-0.2, -0.15) is 0 Å². The molecule has 4 heterocycles. The van der Waals surface area contributed by atoms with Gasteiger partial charge in [-0.05, 0) is 51.3 Å². The molecular weight excluding hydrogens is 330 g/mol. The van der Waals surface area contributed by atoms with Gasteiger partial charge < -0.3 is 14.6 Å². The van der Waals surface area contributed by atoms with Gasteiger partial charge >= 0.3 is 0 Å². The van der Waals surface area contributed by atoms with Gasteiger partial charge in [0, 0.05) is 38.2 Å². The summed E-state index contributed by atoms with van der Waals surface area (Å²) in [7, 11) is 0. The summed E-state index contributed by atoms with van der Waals surface area (Å²) in [6.45, 7) is 7.09. The normalized spacial score (nSPS) is 26.7. The van der Waals surface area contributed by atoms with Gasteiger partial charge in [-0.3, -0.25) is 14.5 Å². The zero-order valence-electron chi connectivity index (χ0n) is 15.7. The van der Waals surface area contributed by atoms with Crippen molar-refractivity contribution in [3.05, 3.63) is 23.2 Å². The maximum Gasteiger partial charge on any atom is 0.289 e. The number of carbonyl (C=O) groups excluding carboxylic acids is 2. The number of piperidine rings is 1. The first kappa shape index (κ1) is 17.6. The van der Waals surface area contributed by atoms with Crippen LogP contribution in [-0.2, 0) is 17.8 Å². The summed E-state index contributed by atoms with van der Waals surface area (Å²) in [5, 5.41) is 2.97. The largest absolute Gasteiger partial charge is 0.456 e. The molecule has 4 rings (SSSR count). The second-order valence-corrected chi connectivity index (χ2v) is 8.01. The highest BCUT2D eigenvalue weighted by molar-refractivity contribution is 5.93. The van der Waals surface area contributed by atoms with E-state index in [1.54, 1.807) is 0 Å². The molecule has 0 radical (unpaired) electrons. The average molecular weight is 359 g/mol. The van der Waals surface area contributed by atoms with E-state index >= 15 is 0 Å². The lowest BCUT2D eigenvalue weighted by Crippen LogP contribution is -2.47. The van der Waals surface area contributed by atoms with Crippen molar-refractivity contribution in [2.75, 3.05) is 32.7 Å². The maximum absolute atomic E-state index is 13.0. The van der Waals surface area contributed by atoms with Crippen LogP contribution in [0.25, 0.3) is 0 Å². The minimum absolute atomic E-state index is 0.0670. The van der Waals surface area contributed by atoms with Crippen molar-refractivity contribution >= 4 is 11.8 Å². The lowest BCUT2D eigenvalue weighted by molar-refractivity contribution is -0.132. The molecule has 1 N–H and O–H groups in total. The SMILES string of the molecule is CCc1oc(C(=O)N2CC[C@@]3(CCCNC3=O)C2)cc1CN1CCCC1. The molecule has 1 aromatic rings. The highest BCUT2D eigenvalue weighted by Gasteiger charge is 2.47. The Morgan fingerprint density at radius 2 is 2.04 bits per heavy atom. The number of amides is 2. The van der Waals surface area contributed by atoms with Crippen LogP contribution in [0.4, 0.5) is 0 Å². The predicted molar refractivity (Wildman–Crippen MR) is 97.8 cm³/mol. The van der Waals surface area contributed by atoms with Crippen LogP contribution in [0.1, 0.15) is 60.9 Å². The first-order chi connectivity index (χ1) is 12.6. The fraction of sp³-hybridized carbons (Fsp3) is 0.700. The van der Waals surface area contributed by atoms with Crippen LogP contribution in [0.15, 0.2) is 10.5 Å². The summed E-state index contributed by atoms with van der Waals surface area (Å²) >= 11 is 0. The smallest absolute Gasteiger partial charge is 0.289 e. The Labute approximate surface area is 154 Å². The van der Waals surface area contributed by atoms with Gasteiger partial charge in [0.05, 0.1) is 5.41 Å². The number of nitrogens with one attached hydrogen (secondary N) is 1. The third-order valence-corrected chi connectivity index (χ3v) is 6.26. The second kappa shape index (κ2) is 7.06. The van der Waals surface area contributed by atoms with Gasteiger partial charge in [0.15, 0.2) is 5.76 Å². The number of carbonyl (C=O) groups is 2. The molecule has 3 saturated heterocycles. The first-order valence-corrected chi connectivity index (χ1v) is 10.0. The van der Waals surface area contributed by atoms with Gasteiger partial charge in [-0.25, -0.2) is 0 Å². The van der Waals surface area contributed by atoms with Crippen molar-refractivity contribution in [1.29, 1.82) is 0 Å². The molecule has 0 saturated carbocycles. The molecule has 1 aromatic heterocycles. The molecule has 0 unspecified atom stereocenters. The van der Waals surface area contributed by atoms with Crippen molar-refractivity contribution in [3.63, 3.8) is 0 Å². The Morgan fingerprint density at radius 3 is 2.77 bits per heavy atom. The standard InChI is InChI=1S/C20H29N3O3/c1-2-16-15(13-22-9-3-4-10-22)12-17(26-16)18(24)23-11-7-20(14-23)6-5-8-21-19(20)25/h12H,2-11,13-14H2,1H3,(H,21,25)/t20-/m0/s1. The van der Waals surface area contributed by atoms with Crippen LogP contribution in [0.3, 0.4) is 0 Å². The number of nitrogens with zero attached hydrogens (tertiary/aromatic N) is 2. The predicted octanol–water partition coefficient (Wildman–Crippen LogP) is 2.18. The summed E-state index contributed by atoms with van der Waals surface area (Å²) in [5.74, 6) is 1.40. The summed E-state index contributed by atoms with van der Waals surface area (Å²) in [4.78, 5) is 29.6. The molecular formula is C20H29N3O3. The molecule has 2 amide bonds. The summed E-state index contributed by atoms with van der Waals surface area (Å²) in [6.07, 6.45) is 5.93. The average Bonchev–Trinajstić information content (AvgIpc) is 3.38. The quantitative estimate of drug-likeness (QED) is 0.895. The van der Waals surface area contributed by atoms with Crippen LogP contribution in [0.5, 0.6) is 0 Å². The van der Waals surface area contributed by atoms with Gasteiger partial charge in [-0.1, -0.05) is 6.92 Å². The Kier molecular flexibility index (Phi) is 4.78. The lowest BCUT2D eigenvalue weighted by atomic mass is 9.79. The monoisotopic (exact) mass is 359 g/mol. The summed E-state index contributed by atoms with van der Waals surface area (Å²) in [6, 6.07) is 1.94. The molecule has 0 aliphatic carbocycles. The zero-order chi connectivity index (χ0) is 18.1. The third kappa shape index (κ3) is 3.15. The van der Waals surface area contributed by atoms with E-state index in [9.17, 15) is 9.59 Å². The van der Waals surface area contributed by atoms with Crippen LogP contribution in [0, 0.1) is 5.41 Å². The minimum Gasteiger partial charge on any atom is -0.456 e. The van der Waals surface area contributed by atoms with E-state index in [1.807, 2.05) is 11.0 Å². The molecule has 142 valence electrons. The Hall–Kier alpha value is -1.82. The molecule has 6 nitrogen and oxygen atoms in total. The van der Waals surface area contributed by atoms with Crippen LogP contribution < -0.4 is 5.32 Å². The van der Waals surface area contributed by atoms with E-state index < -0.39 is 0 Å². The van der Waals surface area contributed by atoms with Crippen molar-refractivity contribution in [2.24, 2.45) is 5.41 Å². The van der Waals surface area contributed by atoms with Crippen molar-refractivity contribution in [2.45, 2.75) is 52.0 Å². The summed E-state index contributed by atoms with van der Waals surface area (Å²) < 4.78 is 5.93. The second-order valence-electron chi connectivity index (χ2n) is 8.01. The molecule has 3 fully saturated rings. The molecule has 1 atom stereocenters. The van der Waals surface area contributed by atoms with Gasteiger partial charge in [-0.15, -0.1) is 0 Å². The van der Waals surface area contributed by atoms with Gasteiger partial charge in [0.2, 0.25) is 5.91 Å². The van der Waals surface area contributed by atoms with Crippen molar-refractivity contribution in [3.8, 4) is 0 Å². The Bertz CT molecular complexity index is 692. The number of rotatable bonds is 4. The summed E-state index contributed by atoms with van der Waals surface area (Å²) in [5.41, 5.74) is 0.758. The highest BCUT2D eigenvalue weighted by Crippen LogP contribution is 2.38. The first-order valence-electron chi connectivity index (χ1n) is 10.0. The Balaban J connectivity index is 1.48. The number of aryl methyl sites for hydroxylation is 1. The van der Waals surface area contributed by atoms with Gasteiger partial charge in [0.1, 0.15) is 5.76 Å². The molecule has 3 aliphatic heterocycles. The number of likely N-dealkylation sites (tertiary alicyclic amines) is 2. The van der Waals surface area contributed by atoms with Crippen LogP contribution in [0.2, 0.25) is 0 Å². The third-order valence-electron chi connectivity index (χ3n) is 6.26. The van der Waals surface area contributed by atoms with Gasteiger partial charge in [0.25, 0.3) is 5.91 Å². The molecule has 0 bridgehead atoms. The fourth-order valence-corrected chi connectivity index (χ4v) is 4.71. The van der Waals surface area contributed by atoms with E-state index in [1.165, 1.54) is 12.8 Å². The maximum atomic E-state index is 13.0. The number of hydrogen-bond acceptors (Lipinski definition) is 4. The van der Waals surface area contributed by atoms with E-state index in [0.717, 1.165) is 63.2 Å². The molecule has 6 heteroatoms. The van der Waals surface area contributed by atoms with E-state index in [4.69, 9.17) is 4.42 Å². The molecule has 3 aliphatic rings. The molecule has 0 aromatic carbocycles. The number of hydrogen-bond donors (Lipinski definition) is 1. The zero-order valence-corrected chi connectivity index (χ0v) is 15.7. The van der Waals surface area contributed by atoms with Crippen LogP contribution in [-0.4, -0.2) is 54.3 Å².